The van der Waals surface area contributed by atoms with Crippen molar-refractivity contribution in [3.8, 4) is 6.07 Å². The number of halogens is 1. The summed E-state index contributed by atoms with van der Waals surface area (Å²) in [6.45, 7) is 5.18. The molecule has 1 atom stereocenters. The van der Waals surface area contributed by atoms with Crippen LogP contribution in [-0.4, -0.2) is 23.1 Å². The summed E-state index contributed by atoms with van der Waals surface area (Å²) < 4.78 is 0.541. The van der Waals surface area contributed by atoms with E-state index in [1.807, 2.05) is 6.07 Å². The summed E-state index contributed by atoms with van der Waals surface area (Å²) in [6, 6.07) is 5.02. The van der Waals surface area contributed by atoms with Crippen LogP contribution in [0.5, 0.6) is 0 Å². The zero-order chi connectivity index (χ0) is 16.2. The molecule has 6 nitrogen and oxygen atoms in total. The molecule has 1 aromatic rings. The Balaban J connectivity index is 2.82. The van der Waals surface area contributed by atoms with Crippen molar-refractivity contribution in [1.82, 2.24) is 5.32 Å². The predicted molar refractivity (Wildman–Crippen MR) is 81.9 cm³/mol. The van der Waals surface area contributed by atoms with Gasteiger partial charge in [0.05, 0.1) is 17.3 Å². The number of hydrogen-bond donors (Lipinski definition) is 3. The molecule has 0 spiro atoms. The molecule has 1 aromatic carbocycles. The number of carboxylic acid groups (broad SMARTS) is 1. The fourth-order valence-electron chi connectivity index (χ4n) is 1.62. The van der Waals surface area contributed by atoms with Gasteiger partial charge in [-0.15, -0.1) is 0 Å². The third-order valence-electron chi connectivity index (χ3n) is 2.73. The highest BCUT2D eigenvalue weighted by Crippen LogP contribution is 2.24. The van der Waals surface area contributed by atoms with Crippen LogP contribution in [0.1, 0.15) is 26.3 Å². The molecule has 0 aliphatic heterocycles. The van der Waals surface area contributed by atoms with Crippen molar-refractivity contribution in [2.75, 3.05) is 5.32 Å². The van der Waals surface area contributed by atoms with Crippen molar-refractivity contribution in [2.24, 2.45) is 5.41 Å². The first-order chi connectivity index (χ1) is 9.65. The molecule has 0 bridgehead atoms. The van der Waals surface area contributed by atoms with Gasteiger partial charge in [0.1, 0.15) is 6.04 Å². The van der Waals surface area contributed by atoms with E-state index in [0.717, 1.165) is 0 Å². The molecule has 0 aromatic heterocycles. The topological polar surface area (TPSA) is 102 Å². The lowest BCUT2D eigenvalue weighted by Crippen LogP contribution is -2.50. The van der Waals surface area contributed by atoms with Gasteiger partial charge in [-0.2, -0.15) is 5.26 Å². The van der Waals surface area contributed by atoms with Crippen LogP contribution in [0.15, 0.2) is 22.7 Å². The van der Waals surface area contributed by atoms with E-state index in [9.17, 15) is 9.59 Å². The van der Waals surface area contributed by atoms with Crippen LogP contribution in [0.25, 0.3) is 0 Å². The SMILES string of the molecule is CC(C)(C)[C@H](NC(=O)Nc1ccc(C#N)cc1Br)C(=O)O. The average Bonchev–Trinajstić information content (AvgIpc) is 2.36. The Hall–Kier alpha value is -2.07. The Kier molecular flexibility index (Phi) is 5.33. The maximum Gasteiger partial charge on any atom is 0.326 e. The van der Waals surface area contributed by atoms with Crippen LogP contribution in [0.2, 0.25) is 0 Å². The molecule has 0 unspecified atom stereocenters. The quantitative estimate of drug-likeness (QED) is 0.777. The van der Waals surface area contributed by atoms with Crippen molar-refractivity contribution < 1.29 is 14.7 Å². The highest BCUT2D eigenvalue weighted by molar-refractivity contribution is 9.10. The summed E-state index contributed by atoms with van der Waals surface area (Å²) in [5.74, 6) is -1.10. The molecular formula is C14H16BrN3O3. The number of rotatable bonds is 3. The van der Waals surface area contributed by atoms with Crippen molar-refractivity contribution in [2.45, 2.75) is 26.8 Å². The molecule has 0 fully saturated rings. The molecule has 1 rings (SSSR count). The Bertz CT molecular complexity index is 602. The van der Waals surface area contributed by atoms with Gasteiger partial charge in [0.25, 0.3) is 0 Å². The van der Waals surface area contributed by atoms with Gasteiger partial charge in [0.2, 0.25) is 0 Å². The van der Waals surface area contributed by atoms with E-state index in [2.05, 4.69) is 26.6 Å². The zero-order valence-corrected chi connectivity index (χ0v) is 13.5. The lowest BCUT2D eigenvalue weighted by molar-refractivity contribution is -0.141. The monoisotopic (exact) mass is 353 g/mol. The highest BCUT2D eigenvalue weighted by Gasteiger charge is 2.32. The summed E-state index contributed by atoms with van der Waals surface area (Å²) in [6.07, 6.45) is 0. The largest absolute Gasteiger partial charge is 0.480 e. The van der Waals surface area contributed by atoms with Crippen molar-refractivity contribution in [1.29, 1.82) is 5.26 Å². The van der Waals surface area contributed by atoms with E-state index in [1.54, 1.807) is 39.0 Å². The number of urea groups is 1. The molecule has 0 radical (unpaired) electrons. The molecule has 2 amide bonds. The number of amides is 2. The molecule has 112 valence electrons. The maximum absolute atomic E-state index is 11.9. The molecular weight excluding hydrogens is 338 g/mol. The second-order valence-corrected chi connectivity index (χ2v) is 6.40. The van der Waals surface area contributed by atoms with Crippen molar-refractivity contribution in [3.05, 3.63) is 28.2 Å². The number of carbonyl (C=O) groups excluding carboxylic acids is 1. The van der Waals surface area contributed by atoms with Gasteiger partial charge in [0.15, 0.2) is 0 Å². The summed E-state index contributed by atoms with van der Waals surface area (Å²) in [7, 11) is 0. The van der Waals surface area contributed by atoms with Crippen LogP contribution in [0.4, 0.5) is 10.5 Å². The van der Waals surface area contributed by atoms with Gasteiger partial charge in [-0.1, -0.05) is 20.8 Å². The fraction of sp³-hybridized carbons (Fsp3) is 0.357. The van der Waals surface area contributed by atoms with E-state index in [0.29, 0.717) is 15.7 Å². The molecule has 21 heavy (non-hydrogen) atoms. The Morgan fingerprint density at radius 3 is 2.43 bits per heavy atom. The standard InChI is InChI=1S/C14H16BrN3O3/c1-14(2,3)11(12(19)20)18-13(21)17-10-5-4-8(7-16)6-9(10)15/h4-6,11H,1-3H3,(H,19,20)(H2,17,18,21)/t11-/m1/s1. The van der Waals surface area contributed by atoms with E-state index >= 15 is 0 Å². The smallest absolute Gasteiger partial charge is 0.326 e. The number of anilines is 1. The molecule has 0 heterocycles. The third-order valence-corrected chi connectivity index (χ3v) is 3.39. The first kappa shape index (κ1) is 17.0. The van der Waals surface area contributed by atoms with Gasteiger partial charge < -0.3 is 15.7 Å². The summed E-state index contributed by atoms with van der Waals surface area (Å²) in [4.78, 5) is 23.1. The first-order valence-corrected chi connectivity index (χ1v) is 6.94. The number of carboxylic acids is 1. The molecule has 0 aliphatic rings. The molecule has 7 heteroatoms. The number of nitrogens with one attached hydrogen (secondary N) is 2. The second-order valence-electron chi connectivity index (χ2n) is 5.54. The Morgan fingerprint density at radius 2 is 2.00 bits per heavy atom. The van der Waals surface area contributed by atoms with E-state index < -0.39 is 23.5 Å². The summed E-state index contributed by atoms with van der Waals surface area (Å²) >= 11 is 3.24. The fourth-order valence-corrected chi connectivity index (χ4v) is 2.10. The Morgan fingerprint density at radius 1 is 1.38 bits per heavy atom. The first-order valence-electron chi connectivity index (χ1n) is 6.15. The van der Waals surface area contributed by atoms with Gasteiger partial charge in [-0.3, -0.25) is 0 Å². The number of aliphatic carboxylic acids is 1. The van der Waals surface area contributed by atoms with Crippen LogP contribution >= 0.6 is 15.9 Å². The van der Waals surface area contributed by atoms with Crippen molar-refractivity contribution >= 4 is 33.6 Å². The van der Waals surface area contributed by atoms with Crippen molar-refractivity contribution in [3.63, 3.8) is 0 Å². The zero-order valence-electron chi connectivity index (χ0n) is 11.9. The third kappa shape index (κ3) is 4.76. The number of hydrogen-bond acceptors (Lipinski definition) is 3. The van der Waals surface area contributed by atoms with Crippen LogP contribution in [0, 0.1) is 16.7 Å². The molecule has 3 N–H and O–H groups in total. The van der Waals surface area contributed by atoms with Gasteiger partial charge in [0, 0.05) is 4.47 Å². The molecule has 0 aliphatic carbocycles. The highest BCUT2D eigenvalue weighted by atomic mass is 79.9. The van der Waals surface area contributed by atoms with Crippen LogP contribution < -0.4 is 10.6 Å². The molecule has 0 saturated carbocycles. The van der Waals surface area contributed by atoms with E-state index in [4.69, 9.17) is 10.4 Å². The average molecular weight is 354 g/mol. The van der Waals surface area contributed by atoms with E-state index in [-0.39, 0.29) is 0 Å². The van der Waals surface area contributed by atoms with E-state index in [1.165, 1.54) is 0 Å². The number of benzene rings is 1. The summed E-state index contributed by atoms with van der Waals surface area (Å²) in [5.41, 5.74) is 0.279. The minimum Gasteiger partial charge on any atom is -0.480 e. The Labute approximate surface area is 131 Å². The normalized spacial score (nSPS) is 12.1. The second kappa shape index (κ2) is 6.59. The number of nitrogens with zero attached hydrogens (tertiary/aromatic N) is 1. The lowest BCUT2D eigenvalue weighted by atomic mass is 9.87. The number of carbonyl (C=O) groups is 2. The van der Waals surface area contributed by atoms with Gasteiger partial charge in [-0.25, -0.2) is 9.59 Å². The number of nitriles is 1. The minimum absolute atomic E-state index is 0.449. The van der Waals surface area contributed by atoms with Gasteiger partial charge in [-0.05, 0) is 39.5 Å². The predicted octanol–water partition coefficient (Wildman–Crippen LogP) is 2.94. The van der Waals surface area contributed by atoms with Crippen LogP contribution in [0.3, 0.4) is 0 Å². The minimum atomic E-state index is -1.10. The summed E-state index contributed by atoms with van der Waals surface area (Å²) in [5, 5.41) is 22.9. The maximum atomic E-state index is 11.9. The van der Waals surface area contributed by atoms with Gasteiger partial charge >= 0.3 is 12.0 Å². The van der Waals surface area contributed by atoms with Crippen LogP contribution in [-0.2, 0) is 4.79 Å². The lowest BCUT2D eigenvalue weighted by Gasteiger charge is -2.27. The molecule has 0 saturated heterocycles.